The summed E-state index contributed by atoms with van der Waals surface area (Å²) in [6, 6.07) is 10.2. The Morgan fingerprint density at radius 3 is 2.57 bits per heavy atom. The second-order valence-electron chi connectivity index (χ2n) is 4.32. The lowest BCUT2D eigenvalue weighted by Crippen LogP contribution is -2.16. The van der Waals surface area contributed by atoms with Gasteiger partial charge in [0, 0.05) is 5.56 Å². The quantitative estimate of drug-likeness (QED) is 0.461. The molecule has 108 valence electrons. The van der Waals surface area contributed by atoms with E-state index in [-0.39, 0.29) is 0 Å². The number of amides is 1. The Hall–Kier alpha value is -2.89. The molecule has 6 heteroatoms. The van der Waals surface area contributed by atoms with E-state index < -0.39 is 23.0 Å². The van der Waals surface area contributed by atoms with Gasteiger partial charge in [-0.05, 0) is 25.1 Å². The van der Waals surface area contributed by atoms with Crippen molar-refractivity contribution in [3.8, 4) is 5.75 Å². The summed E-state index contributed by atoms with van der Waals surface area (Å²) in [4.78, 5) is 12.1. The molecule has 0 bridgehead atoms. The molecule has 0 fully saturated rings. The van der Waals surface area contributed by atoms with Gasteiger partial charge in [0.1, 0.15) is 17.1 Å². The highest BCUT2D eigenvalue weighted by molar-refractivity contribution is 6.11. The third kappa shape index (κ3) is 3.00. The van der Waals surface area contributed by atoms with Crippen molar-refractivity contribution in [3.63, 3.8) is 0 Å². The van der Waals surface area contributed by atoms with Gasteiger partial charge >= 0.3 is 0 Å². The number of anilines is 1. The molecule has 0 radical (unpaired) electrons. The Morgan fingerprint density at radius 1 is 1.19 bits per heavy atom. The second kappa shape index (κ2) is 6.04. The highest BCUT2D eigenvalue weighted by Crippen LogP contribution is 2.23. The van der Waals surface area contributed by atoms with Gasteiger partial charge in [-0.2, -0.15) is 0 Å². The molecule has 2 rings (SSSR count). The van der Waals surface area contributed by atoms with Crippen molar-refractivity contribution in [1.82, 2.24) is 0 Å². The van der Waals surface area contributed by atoms with Crippen LogP contribution in [0.5, 0.6) is 5.75 Å². The van der Waals surface area contributed by atoms with Gasteiger partial charge in [-0.15, -0.1) is 0 Å². The summed E-state index contributed by atoms with van der Waals surface area (Å²) in [5.41, 5.74) is 0.694. The largest absolute Gasteiger partial charge is 0.507 e. The minimum absolute atomic E-state index is 0.295. The number of phenols is 1. The molecule has 0 atom stereocenters. The fraction of sp³-hybridized carbons (Fsp3) is 0.0667. The maximum absolute atomic E-state index is 13.6. The van der Waals surface area contributed by atoms with Crippen molar-refractivity contribution in [2.45, 2.75) is 6.92 Å². The summed E-state index contributed by atoms with van der Waals surface area (Å²) >= 11 is 0. The van der Waals surface area contributed by atoms with Gasteiger partial charge in [0.15, 0.2) is 0 Å². The van der Waals surface area contributed by atoms with Gasteiger partial charge < -0.3 is 15.6 Å². The molecule has 0 aliphatic rings. The third-order valence-corrected chi connectivity index (χ3v) is 2.93. The number of phenolic OH excluding ortho intramolecular Hbond substituents is 1. The summed E-state index contributed by atoms with van der Waals surface area (Å²) in [6.07, 6.45) is 0. The third-order valence-electron chi connectivity index (χ3n) is 2.93. The molecule has 0 saturated carbocycles. The van der Waals surface area contributed by atoms with Crippen LogP contribution >= 0.6 is 0 Å². The highest BCUT2D eigenvalue weighted by Gasteiger charge is 2.18. The Labute approximate surface area is 120 Å². The van der Waals surface area contributed by atoms with Crippen LogP contribution in [0, 0.1) is 5.82 Å². The topological polar surface area (TPSA) is 81.9 Å². The second-order valence-corrected chi connectivity index (χ2v) is 4.32. The highest BCUT2D eigenvalue weighted by atomic mass is 19.1. The van der Waals surface area contributed by atoms with E-state index in [2.05, 4.69) is 10.5 Å². The van der Waals surface area contributed by atoms with E-state index in [1.807, 2.05) is 0 Å². The predicted octanol–water partition coefficient (Wildman–Crippen LogP) is 2.98. The fourth-order valence-electron chi connectivity index (χ4n) is 1.88. The molecule has 1 amide bonds. The van der Waals surface area contributed by atoms with E-state index in [0.29, 0.717) is 17.0 Å². The number of hydrogen-bond donors (Lipinski definition) is 3. The Morgan fingerprint density at radius 2 is 1.90 bits per heavy atom. The first-order valence-electron chi connectivity index (χ1n) is 6.11. The smallest absolute Gasteiger partial charge is 0.262 e. The summed E-state index contributed by atoms with van der Waals surface area (Å²) in [5, 5.41) is 24.0. The number of para-hydroxylation sites is 1. The molecular formula is C15H13FN2O3. The number of hydrogen-bond acceptors (Lipinski definition) is 4. The number of nitrogens with zero attached hydrogens (tertiary/aromatic N) is 1. The lowest BCUT2D eigenvalue weighted by atomic mass is 10.1. The van der Waals surface area contributed by atoms with E-state index in [0.717, 1.165) is 6.07 Å². The normalized spacial score (nSPS) is 11.2. The zero-order valence-electron chi connectivity index (χ0n) is 11.2. The molecule has 2 aromatic carbocycles. The molecule has 0 aliphatic carbocycles. The summed E-state index contributed by atoms with van der Waals surface area (Å²) in [7, 11) is 0. The fourth-order valence-corrected chi connectivity index (χ4v) is 1.88. The van der Waals surface area contributed by atoms with Crippen molar-refractivity contribution < 1.29 is 19.5 Å². The van der Waals surface area contributed by atoms with Crippen LogP contribution in [-0.2, 0) is 0 Å². The zero-order valence-corrected chi connectivity index (χ0v) is 11.2. The first kappa shape index (κ1) is 14.5. The molecule has 0 spiro atoms. The van der Waals surface area contributed by atoms with Crippen LogP contribution in [0.2, 0.25) is 0 Å². The van der Waals surface area contributed by atoms with Crippen LogP contribution in [-0.4, -0.2) is 21.9 Å². The lowest BCUT2D eigenvalue weighted by Gasteiger charge is -2.11. The van der Waals surface area contributed by atoms with E-state index in [1.54, 1.807) is 31.2 Å². The average molecular weight is 288 g/mol. The van der Waals surface area contributed by atoms with Gasteiger partial charge in [-0.1, -0.05) is 29.4 Å². The van der Waals surface area contributed by atoms with Crippen molar-refractivity contribution in [2.24, 2.45) is 5.16 Å². The van der Waals surface area contributed by atoms with Gasteiger partial charge in [0.05, 0.1) is 11.4 Å². The molecule has 0 aromatic heterocycles. The summed E-state index contributed by atoms with van der Waals surface area (Å²) in [6.45, 7) is 1.56. The minimum Gasteiger partial charge on any atom is -0.507 e. The average Bonchev–Trinajstić information content (AvgIpc) is 2.47. The summed E-state index contributed by atoms with van der Waals surface area (Å²) < 4.78 is 13.6. The van der Waals surface area contributed by atoms with Crippen LogP contribution in [0.25, 0.3) is 0 Å². The number of benzene rings is 2. The SMILES string of the molecule is C/C(=N/O)c1ccccc1NC(=O)c1c(O)cccc1F. The Kier molecular flexibility index (Phi) is 4.18. The Bertz CT molecular complexity index is 694. The molecule has 3 N–H and O–H groups in total. The van der Waals surface area contributed by atoms with Gasteiger partial charge in [-0.25, -0.2) is 4.39 Å². The van der Waals surface area contributed by atoms with Crippen LogP contribution in [0.1, 0.15) is 22.8 Å². The molecular weight excluding hydrogens is 275 g/mol. The number of nitrogens with one attached hydrogen (secondary N) is 1. The number of carbonyl (C=O) groups is 1. The van der Waals surface area contributed by atoms with Crippen molar-refractivity contribution in [2.75, 3.05) is 5.32 Å². The van der Waals surface area contributed by atoms with E-state index in [9.17, 15) is 14.3 Å². The number of carbonyl (C=O) groups excluding carboxylic acids is 1. The van der Waals surface area contributed by atoms with Gasteiger partial charge in [-0.3, -0.25) is 4.79 Å². The van der Waals surface area contributed by atoms with Crippen molar-refractivity contribution in [1.29, 1.82) is 0 Å². The number of oxime groups is 1. The maximum atomic E-state index is 13.6. The number of rotatable bonds is 3. The van der Waals surface area contributed by atoms with E-state index >= 15 is 0 Å². The standard InChI is InChI=1S/C15H13FN2O3/c1-9(18-21)10-5-2-3-7-12(10)17-15(20)14-11(16)6-4-8-13(14)19/h2-8,19,21H,1H3,(H,17,20)/b18-9-. The molecule has 0 heterocycles. The van der Waals surface area contributed by atoms with Crippen molar-refractivity contribution >= 4 is 17.3 Å². The molecule has 5 nitrogen and oxygen atoms in total. The molecule has 2 aromatic rings. The first-order chi connectivity index (χ1) is 10.0. The van der Waals surface area contributed by atoms with Crippen LogP contribution in [0.3, 0.4) is 0 Å². The minimum atomic E-state index is -0.822. The van der Waals surface area contributed by atoms with Crippen LogP contribution in [0.15, 0.2) is 47.6 Å². The maximum Gasteiger partial charge on any atom is 0.262 e. The lowest BCUT2D eigenvalue weighted by molar-refractivity contribution is 0.102. The zero-order chi connectivity index (χ0) is 15.4. The molecule has 0 aliphatic heterocycles. The van der Waals surface area contributed by atoms with E-state index in [4.69, 9.17) is 5.21 Å². The van der Waals surface area contributed by atoms with Gasteiger partial charge in [0.25, 0.3) is 5.91 Å². The summed E-state index contributed by atoms with van der Waals surface area (Å²) in [5.74, 6) is -2.06. The number of aromatic hydroxyl groups is 1. The molecule has 0 saturated heterocycles. The Balaban J connectivity index is 2.37. The first-order valence-corrected chi connectivity index (χ1v) is 6.11. The molecule has 0 unspecified atom stereocenters. The van der Waals surface area contributed by atoms with E-state index in [1.165, 1.54) is 12.1 Å². The monoisotopic (exact) mass is 288 g/mol. The van der Waals surface area contributed by atoms with Crippen LogP contribution in [0.4, 0.5) is 10.1 Å². The number of halogens is 1. The van der Waals surface area contributed by atoms with Crippen LogP contribution < -0.4 is 5.32 Å². The van der Waals surface area contributed by atoms with Crippen molar-refractivity contribution in [3.05, 3.63) is 59.4 Å². The predicted molar refractivity (Wildman–Crippen MR) is 76.5 cm³/mol. The molecule has 21 heavy (non-hydrogen) atoms. The van der Waals surface area contributed by atoms with Gasteiger partial charge in [0.2, 0.25) is 0 Å².